The van der Waals surface area contributed by atoms with E-state index < -0.39 is 0 Å². The Bertz CT molecular complexity index is 1020. The van der Waals surface area contributed by atoms with Crippen LogP contribution in [0.3, 0.4) is 0 Å². The monoisotopic (exact) mass is 361 g/mol. The largest absolute Gasteiger partial charge is 0.459 e. The molecule has 1 aliphatic rings. The molecule has 5 heteroatoms. The van der Waals surface area contributed by atoms with E-state index in [0.717, 1.165) is 46.7 Å². The van der Waals surface area contributed by atoms with Gasteiger partial charge in [-0.1, -0.05) is 18.2 Å². The molecule has 0 saturated heterocycles. The first-order valence-electron chi connectivity index (χ1n) is 9.23. The number of amides is 1. The predicted octanol–water partition coefficient (Wildman–Crippen LogP) is 4.82. The molecular weight excluding hydrogens is 338 g/mol. The molecule has 1 atom stereocenters. The van der Waals surface area contributed by atoms with Crippen LogP contribution in [-0.4, -0.2) is 18.2 Å². The molecule has 0 unspecified atom stereocenters. The van der Waals surface area contributed by atoms with Crippen molar-refractivity contribution in [2.24, 2.45) is 5.10 Å². The zero-order valence-corrected chi connectivity index (χ0v) is 15.8. The molecule has 5 nitrogen and oxygen atoms in total. The Morgan fingerprint density at radius 1 is 1.15 bits per heavy atom. The first kappa shape index (κ1) is 17.3. The summed E-state index contributed by atoms with van der Waals surface area (Å²) in [6.07, 6.45) is 0.983. The summed E-state index contributed by atoms with van der Waals surface area (Å²) < 4.78 is 5.96. The number of para-hydroxylation sites is 1. The number of anilines is 1. The van der Waals surface area contributed by atoms with Crippen molar-refractivity contribution in [1.29, 1.82) is 0 Å². The van der Waals surface area contributed by atoms with Crippen LogP contribution in [0, 0.1) is 6.92 Å². The topological polar surface area (TPSA) is 57.8 Å². The zero-order valence-electron chi connectivity index (χ0n) is 15.8. The third kappa shape index (κ3) is 3.33. The van der Waals surface area contributed by atoms with Gasteiger partial charge < -0.3 is 9.73 Å². The maximum absolute atomic E-state index is 12.6. The number of hydrogen-bond acceptors (Lipinski definition) is 4. The molecule has 0 fully saturated rings. The zero-order chi connectivity index (χ0) is 19.0. The first-order valence-corrected chi connectivity index (χ1v) is 9.23. The van der Waals surface area contributed by atoms with Gasteiger partial charge in [0.15, 0.2) is 0 Å². The van der Waals surface area contributed by atoms with Crippen molar-refractivity contribution < 1.29 is 9.21 Å². The number of benzene rings is 2. The summed E-state index contributed by atoms with van der Waals surface area (Å²) in [5, 5.41) is 10.6. The molecule has 3 aromatic rings. The minimum absolute atomic E-state index is 0.116. The molecular formula is C22H23N3O2. The second-order valence-corrected chi connectivity index (χ2v) is 7.04. The number of rotatable bonds is 4. The van der Waals surface area contributed by atoms with Gasteiger partial charge in [-0.3, -0.25) is 9.80 Å². The van der Waals surface area contributed by atoms with Gasteiger partial charge in [0, 0.05) is 35.2 Å². The van der Waals surface area contributed by atoms with E-state index in [-0.39, 0.29) is 11.9 Å². The number of hydrogen-bond donors (Lipinski definition) is 1. The Morgan fingerprint density at radius 2 is 1.89 bits per heavy atom. The lowest BCUT2D eigenvalue weighted by molar-refractivity contribution is 0.0935. The number of aryl methyl sites for hydroxylation is 1. The Hall–Kier alpha value is -3.08. The number of nitrogens with zero attached hydrogens (tertiary/aromatic N) is 2. The van der Waals surface area contributed by atoms with Crippen molar-refractivity contribution in [3.63, 3.8) is 0 Å². The van der Waals surface area contributed by atoms with Gasteiger partial charge in [0.2, 0.25) is 0 Å². The second kappa shape index (κ2) is 6.91. The molecule has 0 aliphatic carbocycles. The third-order valence-corrected chi connectivity index (χ3v) is 5.03. The summed E-state index contributed by atoms with van der Waals surface area (Å²) in [6, 6.07) is 15.3. The second-order valence-electron chi connectivity index (χ2n) is 7.04. The van der Waals surface area contributed by atoms with Crippen molar-refractivity contribution in [2.45, 2.75) is 33.2 Å². The fraction of sp³-hybridized carbons (Fsp3) is 0.273. The Kier molecular flexibility index (Phi) is 4.44. The highest BCUT2D eigenvalue weighted by Crippen LogP contribution is 2.29. The average molecular weight is 361 g/mol. The molecule has 0 saturated carbocycles. The van der Waals surface area contributed by atoms with E-state index in [2.05, 4.69) is 10.4 Å². The van der Waals surface area contributed by atoms with Crippen LogP contribution in [0.15, 0.2) is 58.0 Å². The van der Waals surface area contributed by atoms with Gasteiger partial charge in [0.25, 0.3) is 5.91 Å². The molecule has 1 aliphatic heterocycles. The maximum atomic E-state index is 12.6. The SMILES string of the molecule is CC1=NN(c2ccc(C(=O)N[C@H](C)c3oc4ccccc4c3C)cc2)CC1. The molecule has 0 radical (unpaired) electrons. The lowest BCUT2D eigenvalue weighted by atomic mass is 10.1. The fourth-order valence-corrected chi connectivity index (χ4v) is 3.50. The van der Waals surface area contributed by atoms with Crippen LogP contribution in [-0.2, 0) is 0 Å². The number of fused-ring (bicyclic) bond motifs is 1. The van der Waals surface area contributed by atoms with E-state index in [1.807, 2.05) is 74.3 Å². The molecule has 4 rings (SSSR count). The lowest BCUT2D eigenvalue weighted by Gasteiger charge is -2.15. The van der Waals surface area contributed by atoms with Crippen molar-refractivity contribution in [1.82, 2.24) is 5.32 Å². The minimum Gasteiger partial charge on any atom is -0.459 e. The average Bonchev–Trinajstić information content (AvgIpc) is 3.26. The van der Waals surface area contributed by atoms with Gasteiger partial charge in [0.1, 0.15) is 11.3 Å². The quantitative estimate of drug-likeness (QED) is 0.725. The van der Waals surface area contributed by atoms with Crippen molar-refractivity contribution in [2.75, 3.05) is 11.6 Å². The van der Waals surface area contributed by atoms with Crippen molar-refractivity contribution in [3.8, 4) is 0 Å². The van der Waals surface area contributed by atoms with Gasteiger partial charge in [-0.2, -0.15) is 5.10 Å². The van der Waals surface area contributed by atoms with Gasteiger partial charge in [0.05, 0.1) is 11.7 Å². The highest BCUT2D eigenvalue weighted by atomic mass is 16.3. The Labute approximate surface area is 158 Å². The molecule has 1 N–H and O–H groups in total. The number of carbonyl (C=O) groups excluding carboxylic acids is 1. The standard InChI is InChI=1S/C22H23N3O2/c1-14-12-13-25(24-14)18-10-8-17(9-11-18)22(26)23-16(3)21-15(2)19-6-4-5-7-20(19)27-21/h4-11,16H,12-13H2,1-3H3,(H,23,26)/t16-/m1/s1. The van der Waals surface area contributed by atoms with Crippen molar-refractivity contribution in [3.05, 3.63) is 65.4 Å². The van der Waals surface area contributed by atoms with Crippen LogP contribution in [0.25, 0.3) is 11.0 Å². The van der Waals surface area contributed by atoms with E-state index in [4.69, 9.17) is 4.42 Å². The van der Waals surface area contributed by atoms with Crippen LogP contribution in [0.5, 0.6) is 0 Å². The van der Waals surface area contributed by atoms with E-state index in [9.17, 15) is 4.79 Å². The van der Waals surface area contributed by atoms with E-state index in [0.29, 0.717) is 5.56 Å². The van der Waals surface area contributed by atoms with Crippen LogP contribution >= 0.6 is 0 Å². The molecule has 1 aromatic heterocycles. The fourth-order valence-electron chi connectivity index (χ4n) is 3.50. The van der Waals surface area contributed by atoms with Crippen LogP contribution < -0.4 is 10.3 Å². The van der Waals surface area contributed by atoms with E-state index >= 15 is 0 Å². The minimum atomic E-state index is -0.213. The highest BCUT2D eigenvalue weighted by molar-refractivity contribution is 5.95. The smallest absolute Gasteiger partial charge is 0.251 e. The molecule has 0 bridgehead atoms. The highest BCUT2D eigenvalue weighted by Gasteiger charge is 2.19. The molecule has 0 spiro atoms. The van der Waals surface area contributed by atoms with Gasteiger partial charge in [-0.15, -0.1) is 0 Å². The molecule has 27 heavy (non-hydrogen) atoms. The Morgan fingerprint density at radius 3 is 2.56 bits per heavy atom. The summed E-state index contributed by atoms with van der Waals surface area (Å²) in [7, 11) is 0. The summed E-state index contributed by atoms with van der Waals surface area (Å²) in [5.41, 5.74) is 4.67. The van der Waals surface area contributed by atoms with Gasteiger partial charge in [-0.05, 0) is 51.1 Å². The van der Waals surface area contributed by atoms with Crippen LogP contribution in [0.1, 0.15) is 48.0 Å². The lowest BCUT2D eigenvalue weighted by Crippen LogP contribution is -2.26. The summed E-state index contributed by atoms with van der Waals surface area (Å²) >= 11 is 0. The first-order chi connectivity index (χ1) is 13.0. The normalized spacial score (nSPS) is 15.1. The number of nitrogens with one attached hydrogen (secondary N) is 1. The van der Waals surface area contributed by atoms with Crippen LogP contribution in [0.2, 0.25) is 0 Å². The summed E-state index contributed by atoms with van der Waals surface area (Å²) in [4.78, 5) is 12.6. The number of hydrazone groups is 1. The molecule has 2 aromatic carbocycles. The van der Waals surface area contributed by atoms with Gasteiger partial charge in [-0.25, -0.2) is 0 Å². The van der Waals surface area contributed by atoms with Gasteiger partial charge >= 0.3 is 0 Å². The summed E-state index contributed by atoms with van der Waals surface area (Å²) in [6.45, 7) is 6.89. The van der Waals surface area contributed by atoms with E-state index in [1.54, 1.807) is 0 Å². The molecule has 1 amide bonds. The third-order valence-electron chi connectivity index (χ3n) is 5.03. The predicted molar refractivity (Wildman–Crippen MR) is 108 cm³/mol. The van der Waals surface area contributed by atoms with Crippen molar-refractivity contribution >= 4 is 28.3 Å². The maximum Gasteiger partial charge on any atom is 0.251 e. The number of carbonyl (C=O) groups is 1. The van der Waals surface area contributed by atoms with Crippen LogP contribution in [0.4, 0.5) is 5.69 Å². The van der Waals surface area contributed by atoms with E-state index in [1.165, 1.54) is 0 Å². The number of furan rings is 1. The Balaban J connectivity index is 1.49. The summed E-state index contributed by atoms with van der Waals surface area (Å²) in [5.74, 6) is 0.679. The molecule has 138 valence electrons. The molecule has 2 heterocycles.